The lowest BCUT2D eigenvalue weighted by atomic mass is 9.92. The molecule has 0 bridgehead atoms. The first-order valence-corrected chi connectivity index (χ1v) is 14.7. The molecule has 10 nitrogen and oxygen atoms in total. The molecule has 4 aromatic rings. The van der Waals surface area contributed by atoms with Gasteiger partial charge < -0.3 is 19.9 Å². The van der Waals surface area contributed by atoms with Gasteiger partial charge in [0.2, 0.25) is 0 Å². The van der Waals surface area contributed by atoms with Gasteiger partial charge in [-0.15, -0.1) is 0 Å². The molecular weight excluding hydrogens is 544 g/mol. The van der Waals surface area contributed by atoms with Crippen molar-refractivity contribution in [2.24, 2.45) is 5.92 Å². The number of imidazole rings is 2. The molecule has 0 spiro atoms. The highest BCUT2D eigenvalue weighted by atomic mass is 19.2. The monoisotopic (exact) mass is 577 g/mol. The van der Waals surface area contributed by atoms with Gasteiger partial charge in [0.25, 0.3) is 0 Å². The van der Waals surface area contributed by atoms with Gasteiger partial charge in [0.15, 0.2) is 17.3 Å². The molecule has 3 atom stereocenters. The summed E-state index contributed by atoms with van der Waals surface area (Å²) in [6.45, 7) is 1.28. The number of H-pyrrole nitrogens is 1. The quantitative estimate of drug-likeness (QED) is 0.327. The van der Waals surface area contributed by atoms with Crippen LogP contribution in [0.1, 0.15) is 79.7 Å². The van der Waals surface area contributed by atoms with Crippen LogP contribution < -0.4 is 11.0 Å². The summed E-state index contributed by atoms with van der Waals surface area (Å²) in [5.41, 5.74) is 2.04. The third-order valence-corrected chi connectivity index (χ3v) is 9.13. The zero-order valence-corrected chi connectivity index (χ0v) is 23.0. The van der Waals surface area contributed by atoms with Crippen LogP contribution in [0, 0.1) is 17.6 Å². The largest absolute Gasteiger partial charge is 0.387 e. The Morgan fingerprint density at radius 2 is 1.86 bits per heavy atom. The summed E-state index contributed by atoms with van der Waals surface area (Å²) in [4.78, 5) is 39.6. The number of aromatic amines is 1. The molecule has 7 rings (SSSR count). The van der Waals surface area contributed by atoms with Crippen LogP contribution in [-0.4, -0.2) is 53.2 Å². The van der Waals surface area contributed by atoms with E-state index in [0.717, 1.165) is 24.4 Å². The van der Waals surface area contributed by atoms with Crippen molar-refractivity contribution in [3.8, 4) is 0 Å². The molecule has 0 radical (unpaired) electrons. The van der Waals surface area contributed by atoms with Crippen LogP contribution in [0.3, 0.4) is 0 Å². The summed E-state index contributed by atoms with van der Waals surface area (Å²) >= 11 is 0. The number of urea groups is 1. The first kappa shape index (κ1) is 26.8. The van der Waals surface area contributed by atoms with Crippen molar-refractivity contribution in [1.29, 1.82) is 0 Å². The molecule has 220 valence electrons. The predicted molar refractivity (Wildman–Crippen MR) is 150 cm³/mol. The van der Waals surface area contributed by atoms with Crippen LogP contribution in [0.15, 0.2) is 47.5 Å². The van der Waals surface area contributed by atoms with Crippen molar-refractivity contribution in [1.82, 2.24) is 34.3 Å². The molecule has 1 unspecified atom stereocenters. The van der Waals surface area contributed by atoms with Crippen LogP contribution in [-0.2, 0) is 6.54 Å². The number of amides is 2. The number of pyridine rings is 1. The maximum absolute atomic E-state index is 14.9. The van der Waals surface area contributed by atoms with Gasteiger partial charge in [-0.25, -0.2) is 28.3 Å². The van der Waals surface area contributed by atoms with E-state index in [4.69, 9.17) is 0 Å². The number of hydrogen-bond donors (Lipinski definition) is 3. The van der Waals surface area contributed by atoms with E-state index in [9.17, 15) is 23.5 Å². The summed E-state index contributed by atoms with van der Waals surface area (Å²) in [5, 5.41) is 14.1. The molecule has 3 aliphatic rings. The van der Waals surface area contributed by atoms with Crippen LogP contribution in [0.4, 0.5) is 13.6 Å². The normalized spacial score (nSPS) is 22.1. The van der Waals surface area contributed by atoms with Gasteiger partial charge in [-0.2, -0.15) is 0 Å². The Hall–Kier alpha value is -4.06. The summed E-state index contributed by atoms with van der Waals surface area (Å²) in [6.07, 6.45) is 6.69. The molecule has 2 aliphatic heterocycles. The third kappa shape index (κ3) is 4.77. The van der Waals surface area contributed by atoms with Crippen LogP contribution in [0.2, 0.25) is 0 Å². The number of carbonyl (C=O) groups is 1. The number of fused-ring (bicyclic) bond motifs is 2. The van der Waals surface area contributed by atoms with E-state index in [0.29, 0.717) is 68.0 Å². The van der Waals surface area contributed by atoms with Gasteiger partial charge in [-0.05, 0) is 68.2 Å². The number of likely N-dealkylation sites (tertiary alicyclic amines) is 1. The highest BCUT2D eigenvalue weighted by molar-refractivity contribution is 5.75. The Balaban J connectivity index is 1.10. The first-order valence-electron chi connectivity index (χ1n) is 14.7. The molecule has 1 saturated carbocycles. The fourth-order valence-corrected chi connectivity index (χ4v) is 6.69. The smallest absolute Gasteiger partial charge is 0.327 e. The van der Waals surface area contributed by atoms with Crippen molar-refractivity contribution in [3.63, 3.8) is 0 Å². The Morgan fingerprint density at radius 3 is 2.64 bits per heavy atom. The molecule has 3 aromatic heterocycles. The molecule has 12 heteroatoms. The Bertz CT molecular complexity index is 1690. The average Bonchev–Trinajstić information content (AvgIpc) is 3.72. The Kier molecular flexibility index (Phi) is 6.80. The lowest BCUT2D eigenvalue weighted by Crippen LogP contribution is -2.46. The van der Waals surface area contributed by atoms with E-state index in [1.807, 2.05) is 10.6 Å². The fourth-order valence-electron chi connectivity index (χ4n) is 6.69. The zero-order chi connectivity index (χ0) is 29.0. The van der Waals surface area contributed by atoms with Crippen molar-refractivity contribution in [3.05, 3.63) is 81.9 Å². The number of carbonyl (C=O) groups excluding carboxylic acids is 1. The van der Waals surface area contributed by atoms with Crippen LogP contribution >= 0.6 is 0 Å². The summed E-state index contributed by atoms with van der Waals surface area (Å²) in [6, 6.07) is 7.15. The molecule has 42 heavy (non-hydrogen) atoms. The Morgan fingerprint density at radius 1 is 1.05 bits per heavy atom. The van der Waals surface area contributed by atoms with Crippen LogP contribution in [0.25, 0.3) is 11.2 Å². The number of aromatic nitrogens is 5. The minimum atomic E-state index is -0.889. The molecule has 3 N–H and O–H groups in total. The maximum atomic E-state index is 14.9. The molecule has 2 amide bonds. The fraction of sp³-hybridized carbons (Fsp3) is 0.467. The number of rotatable bonds is 5. The number of nitrogens with one attached hydrogen (secondary N) is 2. The topological polar surface area (TPSA) is 121 Å². The highest BCUT2D eigenvalue weighted by Crippen LogP contribution is 2.43. The van der Waals surface area contributed by atoms with Crippen LogP contribution in [0.5, 0.6) is 0 Å². The third-order valence-electron chi connectivity index (χ3n) is 9.13. The standard InChI is InChI=1S/C30H33F2N7O3/c31-21-4-1-3-20(25(21)32)18-8-9-22(28-34-15-24(38(28)16-18)26(40)17-6-7-17)35-29(41)37-13-10-19(11-14-37)39-23-5-2-12-33-27(23)36-30(39)42/h1-5,12,15,17-19,22,26,40H,6-11,13-14,16H2,(H,35,41)(H,33,36,42)/t18-,22-,26?/m1/s1. The molecule has 1 saturated heterocycles. The van der Waals surface area contributed by atoms with Crippen molar-refractivity contribution >= 4 is 17.2 Å². The molecule has 2 fully saturated rings. The van der Waals surface area contributed by atoms with E-state index in [2.05, 4.69) is 20.3 Å². The molecule has 1 aliphatic carbocycles. The van der Waals surface area contributed by atoms with E-state index >= 15 is 0 Å². The summed E-state index contributed by atoms with van der Waals surface area (Å²) < 4.78 is 32.6. The van der Waals surface area contributed by atoms with Crippen molar-refractivity contribution < 1.29 is 18.7 Å². The second kappa shape index (κ2) is 10.6. The minimum absolute atomic E-state index is 0.0512. The minimum Gasteiger partial charge on any atom is -0.387 e. The van der Waals surface area contributed by atoms with Gasteiger partial charge in [-0.3, -0.25) is 9.55 Å². The second-order valence-corrected chi connectivity index (χ2v) is 11.7. The van der Waals surface area contributed by atoms with Crippen molar-refractivity contribution in [2.75, 3.05) is 13.1 Å². The molecular formula is C30H33F2N7O3. The number of hydrogen-bond acceptors (Lipinski definition) is 5. The number of aliphatic hydroxyl groups excluding tert-OH is 1. The van der Waals surface area contributed by atoms with Gasteiger partial charge in [0.1, 0.15) is 5.82 Å². The Labute approximate surface area is 240 Å². The number of piperidine rings is 1. The number of aliphatic hydroxyl groups is 1. The molecule has 1 aromatic carbocycles. The number of halogens is 2. The summed E-state index contributed by atoms with van der Waals surface area (Å²) in [5.74, 6) is -1.32. The average molecular weight is 578 g/mol. The highest BCUT2D eigenvalue weighted by Gasteiger charge is 2.37. The predicted octanol–water partition coefficient (Wildman–Crippen LogP) is 4.31. The zero-order valence-electron chi connectivity index (χ0n) is 23.0. The van der Waals surface area contributed by atoms with Crippen molar-refractivity contribution in [2.45, 2.75) is 69.2 Å². The lowest BCUT2D eigenvalue weighted by molar-refractivity contribution is 0.143. The summed E-state index contributed by atoms with van der Waals surface area (Å²) in [7, 11) is 0. The number of nitrogens with zero attached hydrogens (tertiary/aromatic N) is 5. The van der Waals surface area contributed by atoms with Gasteiger partial charge >= 0.3 is 11.7 Å². The van der Waals surface area contributed by atoms with E-state index in [1.165, 1.54) is 6.07 Å². The van der Waals surface area contributed by atoms with E-state index < -0.39 is 23.8 Å². The SMILES string of the molecule is O=C(N[C@@H]1CC[C@@H](c2cccc(F)c2F)Cn2c(C(O)C3CC3)cnc21)N1CCC(n2c(=O)[nH]c3ncccc32)CC1. The molecule has 5 heterocycles. The maximum Gasteiger partial charge on any atom is 0.327 e. The number of benzene rings is 1. The first-order chi connectivity index (χ1) is 20.4. The second-order valence-electron chi connectivity index (χ2n) is 11.7. The van der Waals surface area contributed by atoms with E-state index in [-0.39, 0.29) is 29.6 Å². The van der Waals surface area contributed by atoms with Gasteiger partial charge in [0, 0.05) is 37.8 Å². The lowest BCUT2D eigenvalue weighted by Gasteiger charge is -2.33. The van der Waals surface area contributed by atoms with E-state index in [1.54, 1.807) is 34.0 Å². The van der Waals surface area contributed by atoms with Gasteiger partial charge in [0.05, 0.1) is 29.6 Å². The van der Waals surface area contributed by atoms with Gasteiger partial charge in [-0.1, -0.05) is 12.1 Å².